The van der Waals surface area contributed by atoms with Crippen molar-refractivity contribution in [3.05, 3.63) is 29.3 Å². The molecule has 0 radical (unpaired) electrons. The first-order chi connectivity index (χ1) is 10.6. The van der Waals surface area contributed by atoms with Gasteiger partial charge in [0.15, 0.2) is 0 Å². The monoisotopic (exact) mass is 305 g/mol. The fourth-order valence-electron chi connectivity index (χ4n) is 2.69. The van der Waals surface area contributed by atoms with Gasteiger partial charge in [0.1, 0.15) is 0 Å². The van der Waals surface area contributed by atoms with Crippen LogP contribution in [0.25, 0.3) is 0 Å². The number of aromatic carboxylic acids is 1. The van der Waals surface area contributed by atoms with E-state index < -0.39 is 5.97 Å². The number of benzene rings is 1. The van der Waals surface area contributed by atoms with Gasteiger partial charge in [-0.15, -0.1) is 0 Å². The number of anilines is 1. The number of carboxylic acid groups (broad SMARTS) is 1. The molecule has 1 aromatic rings. The van der Waals surface area contributed by atoms with Crippen molar-refractivity contribution < 1.29 is 19.4 Å². The number of carbonyl (C=O) groups is 2. The molecule has 0 atom stereocenters. The zero-order valence-electron chi connectivity index (χ0n) is 12.9. The smallest absolute Gasteiger partial charge is 0.335 e. The van der Waals surface area contributed by atoms with Gasteiger partial charge < -0.3 is 15.2 Å². The maximum atomic E-state index is 12.0. The van der Waals surface area contributed by atoms with E-state index in [9.17, 15) is 9.59 Å². The van der Waals surface area contributed by atoms with Gasteiger partial charge in [0, 0.05) is 25.3 Å². The molecular formula is C17H23NO4. The summed E-state index contributed by atoms with van der Waals surface area (Å²) in [5, 5.41) is 11.8. The largest absolute Gasteiger partial charge is 0.478 e. The molecule has 1 aliphatic rings. The van der Waals surface area contributed by atoms with E-state index in [1.165, 1.54) is 6.07 Å². The highest BCUT2D eigenvalue weighted by atomic mass is 16.5. The summed E-state index contributed by atoms with van der Waals surface area (Å²) < 4.78 is 5.32. The number of hydrogen-bond acceptors (Lipinski definition) is 3. The van der Waals surface area contributed by atoms with Crippen LogP contribution in [0.5, 0.6) is 0 Å². The Bertz CT molecular complexity index is 535. The minimum Gasteiger partial charge on any atom is -0.478 e. The Labute approximate surface area is 130 Å². The molecule has 2 rings (SSSR count). The van der Waals surface area contributed by atoms with Crippen molar-refractivity contribution in [2.24, 2.45) is 5.92 Å². The van der Waals surface area contributed by atoms with Crippen LogP contribution < -0.4 is 5.32 Å². The van der Waals surface area contributed by atoms with Gasteiger partial charge in [-0.05, 0) is 56.2 Å². The van der Waals surface area contributed by atoms with E-state index in [0.29, 0.717) is 18.0 Å². The molecule has 0 aliphatic carbocycles. The predicted molar refractivity (Wildman–Crippen MR) is 84.2 cm³/mol. The van der Waals surface area contributed by atoms with Gasteiger partial charge in [0.2, 0.25) is 5.91 Å². The lowest BCUT2D eigenvalue weighted by Crippen LogP contribution is -2.17. The fraction of sp³-hybridized carbons (Fsp3) is 0.529. The fourth-order valence-corrected chi connectivity index (χ4v) is 2.69. The molecular weight excluding hydrogens is 282 g/mol. The van der Waals surface area contributed by atoms with Crippen LogP contribution in [0.1, 0.15) is 48.0 Å². The van der Waals surface area contributed by atoms with E-state index in [0.717, 1.165) is 44.5 Å². The Hall–Kier alpha value is -1.88. The van der Waals surface area contributed by atoms with Crippen molar-refractivity contribution in [1.82, 2.24) is 0 Å². The Morgan fingerprint density at radius 3 is 2.73 bits per heavy atom. The molecule has 0 unspecified atom stereocenters. The molecule has 1 amide bonds. The van der Waals surface area contributed by atoms with Crippen molar-refractivity contribution in [3.63, 3.8) is 0 Å². The standard InChI is InChI=1S/C17H23NO4/c1-12-5-6-14(17(20)21)11-15(12)18-16(19)4-2-3-13-7-9-22-10-8-13/h5-6,11,13H,2-4,7-10H2,1H3,(H,18,19)(H,20,21). The molecule has 22 heavy (non-hydrogen) atoms. The van der Waals surface area contributed by atoms with Gasteiger partial charge in [-0.25, -0.2) is 4.79 Å². The van der Waals surface area contributed by atoms with Crippen molar-refractivity contribution in [2.45, 2.75) is 39.0 Å². The lowest BCUT2D eigenvalue weighted by atomic mass is 9.94. The predicted octanol–water partition coefficient (Wildman–Crippen LogP) is 3.23. The summed E-state index contributed by atoms with van der Waals surface area (Å²) in [5.74, 6) is -0.383. The summed E-state index contributed by atoms with van der Waals surface area (Å²) in [5.41, 5.74) is 1.63. The summed E-state index contributed by atoms with van der Waals surface area (Å²) in [6, 6.07) is 4.76. The molecule has 5 heteroatoms. The lowest BCUT2D eigenvalue weighted by molar-refractivity contribution is -0.116. The van der Waals surface area contributed by atoms with E-state index in [2.05, 4.69) is 5.32 Å². The minimum absolute atomic E-state index is 0.0577. The van der Waals surface area contributed by atoms with Crippen LogP contribution in [0.4, 0.5) is 5.69 Å². The van der Waals surface area contributed by atoms with Crippen molar-refractivity contribution in [1.29, 1.82) is 0 Å². The molecule has 1 fully saturated rings. The zero-order chi connectivity index (χ0) is 15.9. The van der Waals surface area contributed by atoms with Gasteiger partial charge in [-0.1, -0.05) is 6.07 Å². The SMILES string of the molecule is Cc1ccc(C(=O)O)cc1NC(=O)CCCC1CCOCC1. The second-order valence-corrected chi connectivity index (χ2v) is 5.83. The van der Waals surface area contributed by atoms with E-state index in [1.54, 1.807) is 12.1 Å². The zero-order valence-corrected chi connectivity index (χ0v) is 12.9. The molecule has 1 aliphatic heterocycles. The average molecular weight is 305 g/mol. The molecule has 0 aromatic heterocycles. The molecule has 0 saturated carbocycles. The first-order valence-electron chi connectivity index (χ1n) is 7.78. The van der Waals surface area contributed by atoms with Gasteiger partial charge in [-0.2, -0.15) is 0 Å². The van der Waals surface area contributed by atoms with E-state index in [4.69, 9.17) is 9.84 Å². The van der Waals surface area contributed by atoms with Gasteiger partial charge >= 0.3 is 5.97 Å². The Morgan fingerprint density at radius 2 is 2.05 bits per heavy atom. The summed E-state index contributed by atoms with van der Waals surface area (Å²) >= 11 is 0. The number of aryl methyl sites for hydroxylation is 1. The van der Waals surface area contributed by atoms with E-state index >= 15 is 0 Å². The van der Waals surface area contributed by atoms with Gasteiger partial charge in [0.05, 0.1) is 5.56 Å². The highest BCUT2D eigenvalue weighted by molar-refractivity contribution is 5.94. The van der Waals surface area contributed by atoms with Crippen LogP contribution in [-0.4, -0.2) is 30.2 Å². The Kier molecular flexibility index (Phi) is 5.95. The highest BCUT2D eigenvalue weighted by Gasteiger charge is 2.14. The van der Waals surface area contributed by atoms with Crippen molar-refractivity contribution in [2.75, 3.05) is 18.5 Å². The van der Waals surface area contributed by atoms with Crippen LogP contribution in [0.3, 0.4) is 0 Å². The number of carbonyl (C=O) groups excluding carboxylic acids is 1. The number of nitrogens with one attached hydrogen (secondary N) is 1. The third kappa shape index (κ3) is 4.84. The molecule has 5 nitrogen and oxygen atoms in total. The molecule has 1 heterocycles. The maximum Gasteiger partial charge on any atom is 0.335 e. The molecule has 120 valence electrons. The second kappa shape index (κ2) is 7.94. The van der Waals surface area contributed by atoms with Crippen LogP contribution >= 0.6 is 0 Å². The Balaban J connectivity index is 1.81. The van der Waals surface area contributed by atoms with Gasteiger partial charge in [-0.3, -0.25) is 4.79 Å². The highest BCUT2D eigenvalue weighted by Crippen LogP contribution is 2.21. The average Bonchev–Trinajstić information content (AvgIpc) is 2.50. The third-order valence-electron chi connectivity index (χ3n) is 4.12. The maximum absolute atomic E-state index is 12.0. The number of carboxylic acids is 1. The second-order valence-electron chi connectivity index (χ2n) is 5.83. The summed E-state index contributed by atoms with van der Waals surface area (Å²) in [7, 11) is 0. The molecule has 0 spiro atoms. The lowest BCUT2D eigenvalue weighted by Gasteiger charge is -2.21. The minimum atomic E-state index is -0.991. The normalized spacial score (nSPS) is 15.5. The molecule has 0 bridgehead atoms. The number of rotatable bonds is 6. The van der Waals surface area contributed by atoms with Crippen LogP contribution in [0, 0.1) is 12.8 Å². The summed E-state index contributed by atoms with van der Waals surface area (Å²) in [4.78, 5) is 23.0. The molecule has 1 aromatic carbocycles. The summed E-state index contributed by atoms with van der Waals surface area (Å²) in [6.45, 7) is 3.51. The molecule has 1 saturated heterocycles. The third-order valence-corrected chi connectivity index (χ3v) is 4.12. The summed E-state index contributed by atoms with van der Waals surface area (Å²) in [6.07, 6.45) is 4.54. The first kappa shape index (κ1) is 16.5. The number of amides is 1. The van der Waals surface area contributed by atoms with Crippen LogP contribution in [0.15, 0.2) is 18.2 Å². The molecule has 2 N–H and O–H groups in total. The quantitative estimate of drug-likeness (QED) is 0.846. The number of hydrogen-bond donors (Lipinski definition) is 2. The first-order valence-corrected chi connectivity index (χ1v) is 7.78. The van der Waals surface area contributed by atoms with Crippen LogP contribution in [-0.2, 0) is 9.53 Å². The van der Waals surface area contributed by atoms with E-state index in [1.807, 2.05) is 6.92 Å². The Morgan fingerprint density at radius 1 is 1.32 bits per heavy atom. The number of ether oxygens (including phenoxy) is 1. The van der Waals surface area contributed by atoms with Gasteiger partial charge in [0.25, 0.3) is 0 Å². The van der Waals surface area contributed by atoms with Crippen molar-refractivity contribution >= 4 is 17.6 Å². The van der Waals surface area contributed by atoms with Crippen molar-refractivity contribution in [3.8, 4) is 0 Å². The van der Waals surface area contributed by atoms with E-state index in [-0.39, 0.29) is 11.5 Å². The topological polar surface area (TPSA) is 75.6 Å². The van der Waals surface area contributed by atoms with Crippen LogP contribution in [0.2, 0.25) is 0 Å².